The fraction of sp³-hybridized carbons (Fsp3) is 0.219. The Labute approximate surface area is 226 Å². The van der Waals surface area contributed by atoms with Gasteiger partial charge in [-0.05, 0) is 59.2 Å². The Morgan fingerprint density at radius 3 is 2.37 bits per heavy atom. The molecule has 1 unspecified atom stereocenters. The summed E-state index contributed by atoms with van der Waals surface area (Å²) in [4.78, 5) is 33.3. The molecule has 0 saturated carbocycles. The van der Waals surface area contributed by atoms with Crippen LogP contribution in [0, 0.1) is 13.8 Å². The highest BCUT2D eigenvalue weighted by Gasteiger charge is 2.45. The number of ketones is 1. The van der Waals surface area contributed by atoms with E-state index in [1.54, 1.807) is 6.08 Å². The molecule has 1 atom stereocenters. The molecule has 3 aromatic carbocycles. The number of benzene rings is 3. The first-order valence-corrected chi connectivity index (χ1v) is 13.4. The number of thiazole rings is 1. The van der Waals surface area contributed by atoms with Crippen molar-refractivity contribution in [3.05, 3.63) is 112 Å². The van der Waals surface area contributed by atoms with Gasteiger partial charge in [0.1, 0.15) is 0 Å². The molecule has 0 radical (unpaired) electrons. The van der Waals surface area contributed by atoms with Crippen molar-refractivity contribution < 1.29 is 14.7 Å². The van der Waals surface area contributed by atoms with Crippen LogP contribution in [-0.2, 0) is 15.0 Å². The van der Waals surface area contributed by atoms with E-state index in [4.69, 9.17) is 4.98 Å². The number of allylic oxidation sites excluding steroid dienone is 1. The van der Waals surface area contributed by atoms with Crippen molar-refractivity contribution in [2.45, 2.75) is 46.1 Å². The van der Waals surface area contributed by atoms with Gasteiger partial charge in [0.25, 0.3) is 5.91 Å². The van der Waals surface area contributed by atoms with Gasteiger partial charge in [-0.3, -0.25) is 14.5 Å². The lowest BCUT2D eigenvalue weighted by Crippen LogP contribution is -2.30. The molecule has 6 heteroatoms. The molecule has 38 heavy (non-hydrogen) atoms. The van der Waals surface area contributed by atoms with Gasteiger partial charge in [0.15, 0.2) is 16.7 Å². The third kappa shape index (κ3) is 4.68. The summed E-state index contributed by atoms with van der Waals surface area (Å²) in [6, 6.07) is 20.6. The van der Waals surface area contributed by atoms with Crippen LogP contribution in [0.15, 0.2) is 84.1 Å². The number of aliphatic hydroxyl groups is 1. The van der Waals surface area contributed by atoms with Crippen molar-refractivity contribution in [1.29, 1.82) is 0 Å². The van der Waals surface area contributed by atoms with E-state index in [2.05, 4.69) is 26.8 Å². The lowest BCUT2D eigenvalue weighted by molar-refractivity contribution is -0.117. The summed E-state index contributed by atoms with van der Waals surface area (Å²) >= 11 is 1.39. The molecule has 0 spiro atoms. The molecule has 5 rings (SSSR count). The molecule has 4 aromatic rings. The van der Waals surface area contributed by atoms with Crippen molar-refractivity contribution in [3.8, 4) is 0 Å². The Morgan fingerprint density at radius 1 is 1.03 bits per heavy atom. The highest BCUT2D eigenvalue weighted by Crippen LogP contribution is 2.44. The van der Waals surface area contributed by atoms with E-state index in [1.807, 2.05) is 74.5 Å². The van der Waals surface area contributed by atoms with Gasteiger partial charge >= 0.3 is 0 Å². The zero-order valence-electron chi connectivity index (χ0n) is 22.1. The first-order valence-electron chi connectivity index (χ1n) is 12.6. The minimum absolute atomic E-state index is 0.0536. The molecule has 0 saturated heterocycles. The number of hydrogen-bond acceptors (Lipinski definition) is 5. The molecule has 2 heterocycles. The van der Waals surface area contributed by atoms with Crippen LogP contribution >= 0.6 is 11.3 Å². The fourth-order valence-electron chi connectivity index (χ4n) is 4.82. The van der Waals surface area contributed by atoms with Crippen LogP contribution in [0.5, 0.6) is 0 Å². The normalized spacial score (nSPS) is 16.3. The summed E-state index contributed by atoms with van der Waals surface area (Å²) < 4.78 is 0.954. The first-order chi connectivity index (χ1) is 18.0. The predicted molar refractivity (Wildman–Crippen MR) is 155 cm³/mol. The number of carbonyl (C=O) groups is 2. The van der Waals surface area contributed by atoms with Crippen LogP contribution in [0.3, 0.4) is 0 Å². The van der Waals surface area contributed by atoms with Gasteiger partial charge in [0.2, 0.25) is 0 Å². The van der Waals surface area contributed by atoms with E-state index in [-0.39, 0.29) is 11.0 Å². The summed E-state index contributed by atoms with van der Waals surface area (Å²) in [6.07, 6.45) is 3.11. The van der Waals surface area contributed by atoms with Gasteiger partial charge < -0.3 is 5.11 Å². The maximum atomic E-state index is 13.5. The monoisotopic (exact) mass is 522 g/mol. The van der Waals surface area contributed by atoms with Crippen LogP contribution < -0.4 is 4.90 Å². The Morgan fingerprint density at radius 2 is 1.71 bits per heavy atom. The molecule has 1 amide bonds. The van der Waals surface area contributed by atoms with Gasteiger partial charge in [-0.25, -0.2) is 4.98 Å². The second-order valence-electron chi connectivity index (χ2n) is 10.7. The Bertz CT molecular complexity index is 1610. The fourth-order valence-corrected chi connectivity index (χ4v) is 5.99. The molecule has 1 aromatic heterocycles. The van der Waals surface area contributed by atoms with Gasteiger partial charge in [-0.1, -0.05) is 98.8 Å². The quantitative estimate of drug-likeness (QED) is 0.277. The summed E-state index contributed by atoms with van der Waals surface area (Å²) in [5, 5.41) is 11.5. The molecule has 1 N–H and O–H groups in total. The molecular formula is C32H30N2O3S. The second-order valence-corrected chi connectivity index (χ2v) is 11.8. The van der Waals surface area contributed by atoms with Crippen molar-refractivity contribution in [3.63, 3.8) is 0 Å². The van der Waals surface area contributed by atoms with Crippen molar-refractivity contribution in [1.82, 2.24) is 4.98 Å². The van der Waals surface area contributed by atoms with Crippen LogP contribution in [-0.4, -0.2) is 21.8 Å². The minimum Gasteiger partial charge on any atom is -0.503 e. The second kappa shape index (κ2) is 9.69. The van der Waals surface area contributed by atoms with Crippen molar-refractivity contribution in [2.75, 3.05) is 4.90 Å². The van der Waals surface area contributed by atoms with Crippen LogP contribution in [0.2, 0.25) is 0 Å². The number of rotatable bonds is 5. The van der Waals surface area contributed by atoms with E-state index < -0.39 is 23.5 Å². The summed E-state index contributed by atoms with van der Waals surface area (Å²) in [5.41, 5.74) is 5.65. The van der Waals surface area contributed by atoms with Crippen LogP contribution in [0.4, 0.5) is 5.13 Å². The summed E-state index contributed by atoms with van der Waals surface area (Å²) in [7, 11) is 0. The largest absolute Gasteiger partial charge is 0.503 e. The number of hydrogen-bond donors (Lipinski definition) is 1. The molecule has 5 nitrogen and oxygen atoms in total. The van der Waals surface area contributed by atoms with Crippen LogP contribution in [0.25, 0.3) is 16.3 Å². The molecule has 1 aliphatic heterocycles. The van der Waals surface area contributed by atoms with E-state index in [9.17, 15) is 14.7 Å². The van der Waals surface area contributed by atoms with Crippen LogP contribution in [0.1, 0.15) is 54.6 Å². The standard InChI is InChI=1S/C32H30N2O3S/c1-19-17-20(2)27-25(18-19)38-31(33-27)34-28(22-12-14-23(15-13-22)32(3,4)5)26(29(36)30(34)37)24(35)16-11-21-9-7-6-8-10-21/h6-18,28,36H,1-5H3. The van der Waals surface area contributed by atoms with E-state index >= 15 is 0 Å². The van der Waals surface area contributed by atoms with Gasteiger partial charge in [-0.2, -0.15) is 0 Å². The van der Waals surface area contributed by atoms with Crippen molar-refractivity contribution in [2.24, 2.45) is 0 Å². The molecular weight excluding hydrogens is 492 g/mol. The third-order valence-electron chi connectivity index (χ3n) is 6.82. The Kier molecular flexibility index (Phi) is 6.53. The number of carbonyl (C=O) groups excluding carboxylic acids is 2. The van der Waals surface area contributed by atoms with Gasteiger partial charge in [0, 0.05) is 0 Å². The average Bonchev–Trinajstić information content (AvgIpc) is 3.41. The Hall–Kier alpha value is -4.03. The molecule has 0 aliphatic carbocycles. The predicted octanol–water partition coefficient (Wildman–Crippen LogP) is 7.39. The zero-order valence-corrected chi connectivity index (χ0v) is 23.0. The number of anilines is 1. The molecule has 0 bridgehead atoms. The zero-order chi connectivity index (χ0) is 27.2. The lowest BCUT2D eigenvalue weighted by Gasteiger charge is -2.25. The summed E-state index contributed by atoms with van der Waals surface area (Å²) in [6.45, 7) is 10.4. The molecule has 1 aliphatic rings. The maximum absolute atomic E-state index is 13.5. The third-order valence-corrected chi connectivity index (χ3v) is 7.82. The van der Waals surface area contributed by atoms with Crippen molar-refractivity contribution >= 4 is 44.5 Å². The molecule has 0 fully saturated rings. The summed E-state index contributed by atoms with van der Waals surface area (Å²) in [5.74, 6) is -1.58. The lowest BCUT2D eigenvalue weighted by atomic mass is 9.85. The number of nitrogens with zero attached hydrogens (tertiary/aromatic N) is 2. The highest BCUT2D eigenvalue weighted by molar-refractivity contribution is 7.22. The number of aliphatic hydroxyl groups excluding tert-OH is 1. The number of aromatic nitrogens is 1. The maximum Gasteiger partial charge on any atom is 0.296 e. The first kappa shape index (κ1) is 25.6. The van der Waals surface area contributed by atoms with Gasteiger partial charge in [0.05, 0.1) is 21.8 Å². The van der Waals surface area contributed by atoms with E-state index in [0.29, 0.717) is 5.13 Å². The minimum atomic E-state index is -0.800. The smallest absolute Gasteiger partial charge is 0.296 e. The SMILES string of the molecule is Cc1cc(C)c2nc(N3C(=O)C(O)=C(C(=O)C=Cc4ccccc4)C3c3ccc(C(C)(C)C)cc3)sc2c1. The number of amides is 1. The van der Waals surface area contributed by atoms with E-state index in [1.165, 1.54) is 22.3 Å². The number of fused-ring (bicyclic) bond motifs is 1. The molecule has 192 valence electrons. The highest BCUT2D eigenvalue weighted by atomic mass is 32.1. The van der Waals surface area contributed by atoms with Gasteiger partial charge in [-0.15, -0.1) is 0 Å². The topological polar surface area (TPSA) is 70.5 Å². The Balaban J connectivity index is 1.63. The number of aryl methyl sites for hydroxylation is 2. The average molecular weight is 523 g/mol. The van der Waals surface area contributed by atoms with E-state index in [0.717, 1.165) is 38.0 Å².